The number of nitrogens with one attached hydrogen (secondary N) is 1. The minimum atomic E-state index is 0.279. The fourth-order valence-corrected chi connectivity index (χ4v) is 0.689. The number of phenolic OH excluding ortho intramolecular Hbond substituents is 1. The summed E-state index contributed by atoms with van der Waals surface area (Å²) in [7, 11) is 0. The van der Waals surface area contributed by atoms with E-state index >= 15 is 0 Å². The minimum absolute atomic E-state index is 0.279. The second kappa shape index (κ2) is 3.11. The molecule has 0 saturated heterocycles. The molecule has 0 amide bonds. The van der Waals surface area contributed by atoms with Crippen LogP contribution in [0.2, 0.25) is 0 Å². The second-order valence-corrected chi connectivity index (χ2v) is 1.92. The first-order valence-electron chi connectivity index (χ1n) is 3.04. The van der Waals surface area contributed by atoms with E-state index in [4.69, 9.17) is 5.11 Å². The number of hydrogen-bond donors (Lipinski definition) is 2. The van der Waals surface area contributed by atoms with Crippen molar-refractivity contribution in [3.05, 3.63) is 30.8 Å². The van der Waals surface area contributed by atoms with Crippen molar-refractivity contribution in [1.29, 1.82) is 0 Å². The van der Waals surface area contributed by atoms with Crippen molar-refractivity contribution in [1.82, 2.24) is 0 Å². The summed E-state index contributed by atoms with van der Waals surface area (Å²) in [5, 5.41) is 11.8. The van der Waals surface area contributed by atoms with E-state index in [1.165, 1.54) is 0 Å². The van der Waals surface area contributed by atoms with Gasteiger partial charge >= 0.3 is 0 Å². The Hall–Kier alpha value is -1.18. The maximum atomic E-state index is 8.88. The van der Waals surface area contributed by atoms with Crippen molar-refractivity contribution in [3.8, 4) is 5.75 Å². The normalized spacial score (nSPS) is 9.30. The standard InChI is InChI=1S/C8H9NO/c1-2-9-7-3-5-8(10)6-4-7/h3-6,9-10H,1H3. The molecular formula is C8H9NO. The Morgan fingerprint density at radius 1 is 1.30 bits per heavy atom. The second-order valence-electron chi connectivity index (χ2n) is 1.92. The molecule has 1 rings (SSSR count). The molecule has 2 nitrogen and oxygen atoms in total. The number of phenols is 1. The molecule has 0 aliphatic carbocycles. The molecule has 1 aromatic carbocycles. The number of aromatic hydroxyl groups is 1. The predicted molar refractivity (Wildman–Crippen MR) is 40.6 cm³/mol. The van der Waals surface area contributed by atoms with Gasteiger partial charge in [0.2, 0.25) is 0 Å². The van der Waals surface area contributed by atoms with Gasteiger partial charge in [-0.25, -0.2) is 0 Å². The van der Waals surface area contributed by atoms with Crippen LogP contribution in [0.5, 0.6) is 5.75 Å². The fraction of sp³-hybridized carbons (Fsp3) is 0.125. The third-order valence-electron chi connectivity index (χ3n) is 1.14. The predicted octanol–water partition coefficient (Wildman–Crippen LogP) is 1.86. The zero-order valence-corrected chi connectivity index (χ0v) is 5.76. The maximum Gasteiger partial charge on any atom is 0.115 e. The van der Waals surface area contributed by atoms with Gasteiger partial charge in [-0.1, -0.05) is 0 Å². The summed E-state index contributed by atoms with van der Waals surface area (Å²) >= 11 is 0. The summed E-state index contributed by atoms with van der Waals surface area (Å²) in [5.41, 5.74) is 0.931. The molecule has 0 atom stereocenters. The van der Waals surface area contributed by atoms with Crippen LogP contribution in [-0.2, 0) is 0 Å². The maximum absolute atomic E-state index is 8.88. The lowest BCUT2D eigenvalue weighted by atomic mass is 10.3. The lowest BCUT2D eigenvalue weighted by molar-refractivity contribution is 0.475. The van der Waals surface area contributed by atoms with Gasteiger partial charge in [0.05, 0.1) is 6.54 Å². The summed E-state index contributed by atoms with van der Waals surface area (Å²) in [4.78, 5) is 0. The van der Waals surface area contributed by atoms with E-state index < -0.39 is 0 Å². The molecule has 0 aliphatic heterocycles. The Morgan fingerprint density at radius 2 is 1.90 bits per heavy atom. The summed E-state index contributed by atoms with van der Waals surface area (Å²) in [6.07, 6.45) is 0. The fourth-order valence-electron chi connectivity index (χ4n) is 0.689. The number of rotatable bonds is 2. The van der Waals surface area contributed by atoms with Gasteiger partial charge < -0.3 is 10.4 Å². The van der Waals surface area contributed by atoms with Gasteiger partial charge in [-0.2, -0.15) is 0 Å². The first kappa shape index (κ1) is 6.93. The van der Waals surface area contributed by atoms with Crippen LogP contribution in [0.25, 0.3) is 0 Å². The molecule has 0 bridgehead atoms. The van der Waals surface area contributed by atoms with Crippen molar-refractivity contribution in [2.45, 2.75) is 6.92 Å². The highest BCUT2D eigenvalue weighted by Gasteiger charge is 1.88. The first-order chi connectivity index (χ1) is 4.83. The van der Waals surface area contributed by atoms with Gasteiger partial charge in [-0.05, 0) is 31.2 Å². The van der Waals surface area contributed by atoms with Crippen molar-refractivity contribution in [2.75, 3.05) is 5.32 Å². The zero-order chi connectivity index (χ0) is 7.40. The number of hydrogen-bond acceptors (Lipinski definition) is 2. The van der Waals surface area contributed by atoms with Crippen LogP contribution in [0.3, 0.4) is 0 Å². The zero-order valence-electron chi connectivity index (χ0n) is 5.76. The van der Waals surface area contributed by atoms with Crippen LogP contribution in [0.1, 0.15) is 6.92 Å². The molecule has 2 radical (unpaired) electrons. The van der Waals surface area contributed by atoms with Crippen LogP contribution in [0, 0.1) is 6.54 Å². The minimum Gasteiger partial charge on any atom is -0.508 e. The van der Waals surface area contributed by atoms with Crippen molar-refractivity contribution in [2.24, 2.45) is 0 Å². The van der Waals surface area contributed by atoms with Gasteiger partial charge in [0.1, 0.15) is 5.75 Å². The molecule has 0 saturated carbocycles. The van der Waals surface area contributed by atoms with E-state index in [1.807, 2.05) is 0 Å². The monoisotopic (exact) mass is 135 g/mol. The molecule has 0 unspecified atom stereocenters. The molecule has 0 aliphatic rings. The number of benzene rings is 1. The quantitative estimate of drug-likeness (QED) is 0.479. The molecule has 10 heavy (non-hydrogen) atoms. The largest absolute Gasteiger partial charge is 0.508 e. The highest BCUT2D eigenvalue weighted by atomic mass is 16.3. The third-order valence-corrected chi connectivity index (χ3v) is 1.14. The summed E-state index contributed by atoms with van der Waals surface area (Å²) in [6.45, 7) is 4.56. The Kier molecular flexibility index (Phi) is 2.15. The average Bonchev–Trinajstić information content (AvgIpc) is 1.95. The Bertz CT molecular complexity index is 193. The lowest BCUT2D eigenvalue weighted by Gasteiger charge is -1.99. The van der Waals surface area contributed by atoms with Gasteiger partial charge in [0.25, 0.3) is 0 Å². The molecule has 0 spiro atoms. The Morgan fingerprint density at radius 3 is 2.40 bits per heavy atom. The van der Waals surface area contributed by atoms with Crippen LogP contribution in [-0.4, -0.2) is 5.11 Å². The smallest absolute Gasteiger partial charge is 0.115 e. The topological polar surface area (TPSA) is 32.3 Å². The SMILES string of the molecule is C[C]Nc1ccc(O)cc1. The molecule has 0 heterocycles. The molecule has 2 heteroatoms. The highest BCUT2D eigenvalue weighted by molar-refractivity contribution is 5.46. The van der Waals surface area contributed by atoms with E-state index in [0.717, 1.165) is 5.69 Å². The molecule has 1 aromatic rings. The van der Waals surface area contributed by atoms with E-state index in [-0.39, 0.29) is 5.75 Å². The van der Waals surface area contributed by atoms with E-state index in [0.29, 0.717) is 0 Å². The van der Waals surface area contributed by atoms with Crippen molar-refractivity contribution >= 4 is 5.69 Å². The van der Waals surface area contributed by atoms with E-state index in [1.54, 1.807) is 31.2 Å². The van der Waals surface area contributed by atoms with Gasteiger partial charge in [-0.3, -0.25) is 0 Å². The van der Waals surface area contributed by atoms with Gasteiger partial charge in [-0.15, -0.1) is 0 Å². The van der Waals surface area contributed by atoms with Crippen LogP contribution in [0.15, 0.2) is 24.3 Å². The molecule has 52 valence electrons. The van der Waals surface area contributed by atoms with E-state index in [2.05, 4.69) is 11.9 Å². The number of anilines is 1. The average molecular weight is 135 g/mol. The molecule has 2 N–H and O–H groups in total. The molecule has 0 aromatic heterocycles. The molecule has 0 fully saturated rings. The van der Waals surface area contributed by atoms with Gasteiger partial charge in [0.15, 0.2) is 0 Å². The van der Waals surface area contributed by atoms with Crippen molar-refractivity contribution < 1.29 is 5.11 Å². The van der Waals surface area contributed by atoms with Crippen LogP contribution >= 0.6 is 0 Å². The summed E-state index contributed by atoms with van der Waals surface area (Å²) in [5.74, 6) is 0.279. The lowest BCUT2D eigenvalue weighted by Crippen LogP contribution is -1.88. The Labute approximate surface area is 60.5 Å². The van der Waals surface area contributed by atoms with Crippen molar-refractivity contribution in [3.63, 3.8) is 0 Å². The third kappa shape index (κ3) is 1.65. The Balaban J connectivity index is 2.69. The first-order valence-corrected chi connectivity index (χ1v) is 3.04. The van der Waals surface area contributed by atoms with Gasteiger partial charge in [0, 0.05) is 5.69 Å². The van der Waals surface area contributed by atoms with Crippen LogP contribution in [0.4, 0.5) is 5.69 Å². The van der Waals surface area contributed by atoms with E-state index in [9.17, 15) is 0 Å². The summed E-state index contributed by atoms with van der Waals surface area (Å²) in [6, 6.07) is 6.82. The summed E-state index contributed by atoms with van der Waals surface area (Å²) < 4.78 is 0. The van der Waals surface area contributed by atoms with Crippen LogP contribution < -0.4 is 5.32 Å². The molecular weight excluding hydrogens is 126 g/mol. The highest BCUT2D eigenvalue weighted by Crippen LogP contribution is 2.13.